The number of carbonyl (C=O) groups is 1. The Kier molecular flexibility index (Phi) is 7.08. The Bertz CT molecular complexity index is 1640. The molecule has 3 heterocycles. The molecule has 2 aromatic carbocycles. The Morgan fingerprint density at radius 1 is 1.07 bits per heavy atom. The molecule has 5 rings (SSSR count). The monoisotopic (exact) mass is 540 g/mol. The summed E-state index contributed by atoms with van der Waals surface area (Å²) >= 11 is 0. The second kappa shape index (κ2) is 10.4. The first-order valence-corrected chi connectivity index (χ1v) is 13.6. The fourth-order valence-corrected chi connectivity index (χ4v) is 5.08. The van der Waals surface area contributed by atoms with Crippen molar-refractivity contribution in [1.82, 2.24) is 24.6 Å². The first kappa shape index (κ1) is 27.3. The van der Waals surface area contributed by atoms with Crippen molar-refractivity contribution in [1.29, 1.82) is 0 Å². The molecule has 0 aliphatic carbocycles. The van der Waals surface area contributed by atoms with Crippen LogP contribution < -0.4 is 10.3 Å². The number of carbonyl (C=O) groups excluding carboxylic acids is 1. The van der Waals surface area contributed by atoms with E-state index in [1.807, 2.05) is 90.1 Å². The molecule has 9 heteroatoms. The standard InChI is InChI=1S/C31H36N6O3/c1-19(2)28-24-17-32-37(31(4,5)6)29(24)30(39)35(34-28)18-27(38)36-26(22-10-8-20(3)9-11-22)16-25(33-36)21-12-14-23(40-7)15-13-21/h8-15,17,19,26H,16,18H2,1-7H3. The van der Waals surface area contributed by atoms with E-state index in [-0.39, 0.29) is 30.0 Å². The van der Waals surface area contributed by atoms with Crippen molar-refractivity contribution in [2.24, 2.45) is 5.10 Å². The second-order valence-corrected chi connectivity index (χ2v) is 11.6. The predicted molar refractivity (Wildman–Crippen MR) is 156 cm³/mol. The summed E-state index contributed by atoms with van der Waals surface area (Å²) in [6.45, 7) is 11.8. The van der Waals surface area contributed by atoms with Crippen LogP contribution in [0.1, 0.15) is 75.4 Å². The number of fused-ring (bicyclic) bond motifs is 1. The van der Waals surface area contributed by atoms with Gasteiger partial charge in [-0.2, -0.15) is 15.3 Å². The molecule has 0 fully saturated rings. The van der Waals surface area contributed by atoms with Crippen molar-refractivity contribution in [3.05, 3.63) is 87.5 Å². The molecule has 1 aliphatic rings. The van der Waals surface area contributed by atoms with Crippen LogP contribution in [0.25, 0.3) is 10.9 Å². The zero-order valence-electron chi connectivity index (χ0n) is 24.2. The van der Waals surface area contributed by atoms with E-state index < -0.39 is 5.54 Å². The third kappa shape index (κ3) is 5.03. The minimum atomic E-state index is -0.415. The van der Waals surface area contributed by atoms with Gasteiger partial charge in [0.25, 0.3) is 11.5 Å². The van der Waals surface area contributed by atoms with Gasteiger partial charge < -0.3 is 4.74 Å². The summed E-state index contributed by atoms with van der Waals surface area (Å²) in [6.07, 6.45) is 2.26. The molecule has 208 valence electrons. The molecule has 0 bridgehead atoms. The van der Waals surface area contributed by atoms with Gasteiger partial charge in [-0.3, -0.25) is 14.3 Å². The molecule has 4 aromatic rings. The third-order valence-electron chi connectivity index (χ3n) is 7.23. The highest BCUT2D eigenvalue weighted by molar-refractivity contribution is 6.03. The Morgan fingerprint density at radius 2 is 1.75 bits per heavy atom. The maximum atomic E-state index is 13.9. The van der Waals surface area contributed by atoms with E-state index in [4.69, 9.17) is 9.84 Å². The summed E-state index contributed by atoms with van der Waals surface area (Å²) < 4.78 is 8.30. The van der Waals surface area contributed by atoms with Crippen LogP contribution in [0.4, 0.5) is 0 Å². The van der Waals surface area contributed by atoms with Crippen molar-refractivity contribution in [2.75, 3.05) is 7.11 Å². The fraction of sp³-hybridized carbons (Fsp3) is 0.387. The van der Waals surface area contributed by atoms with Crippen molar-refractivity contribution < 1.29 is 9.53 Å². The van der Waals surface area contributed by atoms with Gasteiger partial charge in [0.2, 0.25) is 0 Å². The zero-order valence-corrected chi connectivity index (χ0v) is 24.2. The number of ether oxygens (including phenoxy) is 1. The fourth-order valence-electron chi connectivity index (χ4n) is 5.08. The molecule has 9 nitrogen and oxygen atoms in total. The van der Waals surface area contributed by atoms with E-state index in [1.54, 1.807) is 18.0 Å². The molecule has 0 saturated heterocycles. The molecule has 0 N–H and O–H groups in total. The summed E-state index contributed by atoms with van der Waals surface area (Å²) in [5.74, 6) is 0.482. The number of aromatic nitrogens is 4. The van der Waals surface area contributed by atoms with E-state index >= 15 is 0 Å². The van der Waals surface area contributed by atoms with E-state index in [0.717, 1.165) is 39.2 Å². The summed E-state index contributed by atoms with van der Waals surface area (Å²) in [5.41, 5.74) is 4.27. The number of hydrazone groups is 1. The van der Waals surface area contributed by atoms with Gasteiger partial charge >= 0.3 is 0 Å². The Labute approximate surface area is 234 Å². The number of methoxy groups -OCH3 is 1. The molecule has 0 saturated carbocycles. The van der Waals surface area contributed by atoms with Crippen LogP contribution in [-0.4, -0.2) is 43.3 Å². The second-order valence-electron chi connectivity index (χ2n) is 11.6. The number of hydrogen-bond donors (Lipinski definition) is 0. The van der Waals surface area contributed by atoms with Gasteiger partial charge in [-0.25, -0.2) is 9.69 Å². The predicted octanol–water partition coefficient (Wildman–Crippen LogP) is 5.17. The number of rotatable bonds is 6. The van der Waals surface area contributed by atoms with Gasteiger partial charge in [-0.1, -0.05) is 43.7 Å². The quantitative estimate of drug-likeness (QED) is 0.336. The van der Waals surface area contributed by atoms with Crippen molar-refractivity contribution in [3.8, 4) is 5.75 Å². The lowest BCUT2D eigenvalue weighted by molar-refractivity contribution is -0.133. The Balaban J connectivity index is 1.56. The van der Waals surface area contributed by atoms with Gasteiger partial charge in [0.05, 0.1) is 36.3 Å². The third-order valence-corrected chi connectivity index (χ3v) is 7.23. The maximum Gasteiger partial charge on any atom is 0.293 e. The first-order chi connectivity index (χ1) is 19.0. The summed E-state index contributed by atoms with van der Waals surface area (Å²) in [5, 5.41) is 16.2. The topological polar surface area (TPSA) is 94.6 Å². The number of hydrogen-bond acceptors (Lipinski definition) is 6. The molecule has 2 aromatic heterocycles. The van der Waals surface area contributed by atoms with Gasteiger partial charge in [-0.05, 0) is 69.0 Å². The van der Waals surface area contributed by atoms with Gasteiger partial charge in [0.15, 0.2) is 0 Å². The lowest BCUT2D eigenvalue weighted by Crippen LogP contribution is -2.37. The molecule has 1 unspecified atom stereocenters. The lowest BCUT2D eigenvalue weighted by atomic mass is 9.97. The molecule has 1 atom stereocenters. The Morgan fingerprint density at radius 3 is 2.35 bits per heavy atom. The van der Waals surface area contributed by atoms with Crippen molar-refractivity contribution >= 4 is 22.5 Å². The van der Waals surface area contributed by atoms with Crippen LogP contribution in [0.3, 0.4) is 0 Å². The van der Waals surface area contributed by atoms with Gasteiger partial charge in [-0.15, -0.1) is 0 Å². The molecular formula is C31H36N6O3. The van der Waals surface area contributed by atoms with E-state index in [0.29, 0.717) is 11.9 Å². The van der Waals surface area contributed by atoms with Crippen molar-refractivity contribution in [2.45, 2.75) is 72.0 Å². The van der Waals surface area contributed by atoms with Crippen LogP contribution in [0.5, 0.6) is 5.75 Å². The minimum absolute atomic E-state index is 0.0360. The van der Waals surface area contributed by atoms with Gasteiger partial charge in [0, 0.05) is 11.8 Å². The van der Waals surface area contributed by atoms with Crippen LogP contribution >= 0.6 is 0 Å². The summed E-state index contributed by atoms with van der Waals surface area (Å²) in [4.78, 5) is 27.6. The van der Waals surface area contributed by atoms with Crippen LogP contribution in [0.2, 0.25) is 0 Å². The molecule has 1 aliphatic heterocycles. The average Bonchev–Trinajstić information content (AvgIpc) is 3.57. The Hall–Kier alpha value is -4.27. The average molecular weight is 541 g/mol. The molecule has 0 radical (unpaired) electrons. The molecule has 40 heavy (non-hydrogen) atoms. The first-order valence-electron chi connectivity index (χ1n) is 13.6. The normalized spacial score (nSPS) is 15.7. The zero-order chi connectivity index (χ0) is 28.8. The minimum Gasteiger partial charge on any atom is -0.497 e. The smallest absolute Gasteiger partial charge is 0.293 e. The molecule has 0 spiro atoms. The highest BCUT2D eigenvalue weighted by Crippen LogP contribution is 2.34. The van der Waals surface area contributed by atoms with E-state index in [1.165, 1.54) is 9.69 Å². The summed E-state index contributed by atoms with van der Waals surface area (Å²) in [6, 6.07) is 15.5. The molecule has 1 amide bonds. The lowest BCUT2D eigenvalue weighted by Gasteiger charge is -2.23. The van der Waals surface area contributed by atoms with E-state index in [9.17, 15) is 9.59 Å². The van der Waals surface area contributed by atoms with Crippen LogP contribution in [0, 0.1) is 6.92 Å². The molecular weight excluding hydrogens is 504 g/mol. The highest BCUT2D eigenvalue weighted by atomic mass is 16.5. The van der Waals surface area contributed by atoms with Gasteiger partial charge in [0.1, 0.15) is 17.8 Å². The summed E-state index contributed by atoms with van der Waals surface area (Å²) in [7, 11) is 1.63. The SMILES string of the molecule is COc1ccc(C2=NN(C(=O)Cn3nc(C(C)C)c4cnn(C(C)(C)C)c4c3=O)C(c3ccc(C)cc3)C2)cc1. The van der Waals surface area contributed by atoms with E-state index in [2.05, 4.69) is 10.2 Å². The maximum absolute atomic E-state index is 13.9. The highest BCUT2D eigenvalue weighted by Gasteiger charge is 2.34. The number of aryl methyl sites for hydroxylation is 1. The number of nitrogens with zero attached hydrogens (tertiary/aromatic N) is 6. The number of amides is 1. The largest absolute Gasteiger partial charge is 0.497 e. The van der Waals surface area contributed by atoms with Crippen LogP contribution in [-0.2, 0) is 16.9 Å². The van der Waals surface area contributed by atoms with Crippen molar-refractivity contribution in [3.63, 3.8) is 0 Å². The van der Waals surface area contributed by atoms with Crippen LogP contribution in [0.15, 0.2) is 64.6 Å². The number of benzene rings is 2.